The summed E-state index contributed by atoms with van der Waals surface area (Å²) in [5.74, 6) is -0.360. The van der Waals surface area contributed by atoms with Gasteiger partial charge in [-0.15, -0.1) is 0 Å². The third-order valence-corrected chi connectivity index (χ3v) is 3.79. The maximum atomic E-state index is 13.5. The summed E-state index contributed by atoms with van der Waals surface area (Å²) in [6.45, 7) is 3.05. The first-order chi connectivity index (χ1) is 10.2. The van der Waals surface area contributed by atoms with Crippen LogP contribution in [0.25, 0.3) is 0 Å². The van der Waals surface area contributed by atoms with Crippen molar-refractivity contribution in [3.8, 4) is 0 Å². The molecule has 4 heteroatoms. The topological polar surface area (TPSA) is 24.9 Å². The molecule has 21 heavy (non-hydrogen) atoms. The second kappa shape index (κ2) is 8.11. The van der Waals surface area contributed by atoms with E-state index < -0.39 is 0 Å². The lowest BCUT2D eigenvalue weighted by atomic mass is 10.0. The van der Waals surface area contributed by atoms with Crippen molar-refractivity contribution in [2.75, 3.05) is 6.54 Å². The Balaban J connectivity index is 2.10. The quantitative estimate of drug-likeness (QED) is 0.835. The largest absolute Gasteiger partial charge is 0.313 e. The van der Waals surface area contributed by atoms with Gasteiger partial charge in [-0.1, -0.05) is 36.7 Å². The van der Waals surface area contributed by atoms with Crippen LogP contribution in [-0.2, 0) is 12.8 Å². The van der Waals surface area contributed by atoms with Gasteiger partial charge < -0.3 is 5.32 Å². The Hall–Kier alpha value is -1.45. The highest BCUT2D eigenvalue weighted by Crippen LogP contribution is 2.21. The van der Waals surface area contributed by atoms with Gasteiger partial charge in [0.1, 0.15) is 5.82 Å². The zero-order valence-corrected chi connectivity index (χ0v) is 12.9. The van der Waals surface area contributed by atoms with Crippen molar-refractivity contribution in [2.24, 2.45) is 0 Å². The van der Waals surface area contributed by atoms with E-state index in [0.717, 1.165) is 30.6 Å². The van der Waals surface area contributed by atoms with E-state index >= 15 is 0 Å². The average molecular weight is 307 g/mol. The van der Waals surface area contributed by atoms with Crippen molar-refractivity contribution < 1.29 is 4.39 Å². The molecule has 1 atom stereocenters. The second-order valence-electron chi connectivity index (χ2n) is 5.09. The first-order valence-corrected chi connectivity index (χ1v) is 7.64. The van der Waals surface area contributed by atoms with E-state index in [1.54, 1.807) is 12.3 Å². The SMILES string of the molecule is CCCNC(Cc1ccccn1)Cc1cccc(F)c1Cl. The molecule has 1 unspecified atom stereocenters. The highest BCUT2D eigenvalue weighted by Gasteiger charge is 2.14. The van der Waals surface area contributed by atoms with Gasteiger partial charge in [0, 0.05) is 24.4 Å². The van der Waals surface area contributed by atoms with Crippen LogP contribution in [0.15, 0.2) is 42.6 Å². The van der Waals surface area contributed by atoms with Gasteiger partial charge in [0.15, 0.2) is 0 Å². The van der Waals surface area contributed by atoms with Crippen LogP contribution >= 0.6 is 11.6 Å². The zero-order valence-electron chi connectivity index (χ0n) is 12.2. The molecule has 0 amide bonds. The Bertz CT molecular complexity index is 560. The van der Waals surface area contributed by atoms with E-state index in [1.165, 1.54) is 6.07 Å². The zero-order chi connectivity index (χ0) is 15.1. The normalized spacial score (nSPS) is 12.3. The van der Waals surface area contributed by atoms with Gasteiger partial charge in [-0.05, 0) is 43.1 Å². The van der Waals surface area contributed by atoms with Crippen LogP contribution in [-0.4, -0.2) is 17.6 Å². The summed E-state index contributed by atoms with van der Waals surface area (Å²) in [5.41, 5.74) is 1.86. The molecule has 1 aromatic carbocycles. The maximum absolute atomic E-state index is 13.5. The Morgan fingerprint density at radius 3 is 2.76 bits per heavy atom. The second-order valence-corrected chi connectivity index (χ2v) is 5.47. The van der Waals surface area contributed by atoms with E-state index in [0.29, 0.717) is 6.42 Å². The van der Waals surface area contributed by atoms with Crippen LogP contribution in [0.1, 0.15) is 24.6 Å². The maximum Gasteiger partial charge on any atom is 0.142 e. The van der Waals surface area contributed by atoms with Gasteiger partial charge in [0.05, 0.1) is 5.02 Å². The lowest BCUT2D eigenvalue weighted by Crippen LogP contribution is -2.34. The first kappa shape index (κ1) is 15.9. The molecule has 0 spiro atoms. The van der Waals surface area contributed by atoms with Crippen molar-refractivity contribution in [1.29, 1.82) is 0 Å². The Labute approximate surface area is 130 Å². The third kappa shape index (κ3) is 4.80. The van der Waals surface area contributed by atoms with Crippen LogP contribution in [0.4, 0.5) is 4.39 Å². The molecule has 1 N–H and O–H groups in total. The summed E-state index contributed by atoms with van der Waals surface area (Å²) in [4.78, 5) is 4.36. The van der Waals surface area contributed by atoms with E-state index in [-0.39, 0.29) is 16.9 Å². The van der Waals surface area contributed by atoms with Crippen molar-refractivity contribution >= 4 is 11.6 Å². The smallest absolute Gasteiger partial charge is 0.142 e. The van der Waals surface area contributed by atoms with E-state index in [4.69, 9.17) is 11.6 Å². The van der Waals surface area contributed by atoms with Crippen molar-refractivity contribution in [1.82, 2.24) is 10.3 Å². The van der Waals surface area contributed by atoms with Crippen LogP contribution in [0.2, 0.25) is 5.02 Å². The van der Waals surface area contributed by atoms with Crippen LogP contribution in [0, 0.1) is 5.82 Å². The number of hydrogen-bond donors (Lipinski definition) is 1. The summed E-state index contributed by atoms with van der Waals surface area (Å²) in [5, 5.41) is 3.72. The van der Waals surface area contributed by atoms with Gasteiger partial charge in [-0.25, -0.2) is 4.39 Å². The molecule has 112 valence electrons. The summed E-state index contributed by atoms with van der Waals surface area (Å²) in [6.07, 6.45) is 4.33. The molecule has 2 rings (SSSR count). The first-order valence-electron chi connectivity index (χ1n) is 7.27. The van der Waals surface area contributed by atoms with Crippen molar-refractivity contribution in [3.63, 3.8) is 0 Å². The molecule has 2 aromatic rings. The minimum atomic E-state index is -0.360. The Morgan fingerprint density at radius 1 is 1.19 bits per heavy atom. The fourth-order valence-electron chi connectivity index (χ4n) is 2.31. The molecule has 0 fully saturated rings. The number of aromatic nitrogens is 1. The van der Waals surface area contributed by atoms with Crippen LogP contribution < -0.4 is 5.32 Å². The van der Waals surface area contributed by atoms with Crippen LogP contribution in [0.5, 0.6) is 0 Å². The van der Waals surface area contributed by atoms with E-state index in [1.807, 2.05) is 24.3 Å². The highest BCUT2D eigenvalue weighted by atomic mass is 35.5. The predicted molar refractivity (Wildman–Crippen MR) is 85.1 cm³/mol. The number of hydrogen-bond acceptors (Lipinski definition) is 2. The minimum Gasteiger partial charge on any atom is -0.313 e. The molecule has 0 aliphatic carbocycles. The summed E-state index contributed by atoms with van der Waals surface area (Å²) in [6, 6.07) is 11.1. The highest BCUT2D eigenvalue weighted by molar-refractivity contribution is 6.31. The summed E-state index contributed by atoms with van der Waals surface area (Å²) < 4.78 is 13.5. The van der Waals surface area contributed by atoms with Gasteiger partial charge in [-0.2, -0.15) is 0 Å². The standard InChI is InChI=1S/C17H20ClFN2/c1-2-9-20-15(12-14-7-3-4-10-21-14)11-13-6-5-8-16(19)17(13)18/h3-8,10,15,20H,2,9,11-12H2,1H3. The molecule has 1 aromatic heterocycles. The number of nitrogens with zero attached hydrogens (tertiary/aromatic N) is 1. The monoisotopic (exact) mass is 306 g/mol. The molecule has 0 bridgehead atoms. The number of rotatable bonds is 7. The van der Waals surface area contributed by atoms with E-state index in [2.05, 4.69) is 17.2 Å². The summed E-state index contributed by atoms with van der Waals surface area (Å²) in [7, 11) is 0. The molecule has 2 nitrogen and oxygen atoms in total. The lowest BCUT2D eigenvalue weighted by molar-refractivity contribution is 0.499. The predicted octanol–water partition coefficient (Wildman–Crippen LogP) is 4.03. The molecule has 0 aliphatic rings. The average Bonchev–Trinajstić information content (AvgIpc) is 2.50. The molecule has 1 heterocycles. The molecular weight excluding hydrogens is 287 g/mol. The van der Waals surface area contributed by atoms with Crippen molar-refractivity contribution in [2.45, 2.75) is 32.2 Å². The number of halogens is 2. The Morgan fingerprint density at radius 2 is 2.05 bits per heavy atom. The van der Waals surface area contributed by atoms with Crippen LogP contribution in [0.3, 0.4) is 0 Å². The molecule has 0 saturated heterocycles. The third-order valence-electron chi connectivity index (χ3n) is 3.36. The van der Waals surface area contributed by atoms with Crippen molar-refractivity contribution in [3.05, 3.63) is 64.7 Å². The molecular formula is C17H20ClFN2. The minimum absolute atomic E-state index is 0.194. The number of nitrogens with one attached hydrogen (secondary N) is 1. The van der Waals surface area contributed by atoms with Gasteiger partial charge in [-0.3, -0.25) is 4.98 Å². The fraction of sp³-hybridized carbons (Fsp3) is 0.353. The molecule has 0 radical (unpaired) electrons. The fourth-order valence-corrected chi connectivity index (χ4v) is 2.51. The number of benzene rings is 1. The molecule has 0 saturated carbocycles. The Kier molecular flexibility index (Phi) is 6.15. The van der Waals surface area contributed by atoms with Gasteiger partial charge in [0.2, 0.25) is 0 Å². The van der Waals surface area contributed by atoms with E-state index in [9.17, 15) is 4.39 Å². The summed E-state index contributed by atoms with van der Waals surface area (Å²) >= 11 is 6.06. The van der Waals surface area contributed by atoms with Gasteiger partial charge >= 0.3 is 0 Å². The molecule has 0 aliphatic heterocycles. The van der Waals surface area contributed by atoms with Gasteiger partial charge in [0.25, 0.3) is 0 Å². The number of pyridine rings is 1. The lowest BCUT2D eigenvalue weighted by Gasteiger charge is -2.19.